The van der Waals surface area contributed by atoms with E-state index >= 15 is 0 Å². The van der Waals surface area contributed by atoms with Crippen molar-refractivity contribution in [3.8, 4) is 0 Å². The van der Waals surface area contributed by atoms with Gasteiger partial charge >= 0.3 is 6.09 Å². The zero-order valence-electron chi connectivity index (χ0n) is 16.0. The summed E-state index contributed by atoms with van der Waals surface area (Å²) in [6, 6.07) is 4.66. The number of amides is 2. The molecule has 1 aromatic carbocycles. The van der Waals surface area contributed by atoms with Crippen molar-refractivity contribution in [3.63, 3.8) is 0 Å². The van der Waals surface area contributed by atoms with Crippen LogP contribution in [0.5, 0.6) is 0 Å². The van der Waals surface area contributed by atoms with Crippen molar-refractivity contribution in [1.29, 1.82) is 0 Å². The van der Waals surface area contributed by atoms with Gasteiger partial charge in [-0.2, -0.15) is 0 Å². The average molecular weight is 389 g/mol. The number of rotatable bonds is 5. The molecule has 3 rings (SSSR count). The molecule has 1 unspecified atom stereocenters. The highest BCUT2D eigenvalue weighted by Crippen LogP contribution is 2.33. The molecule has 1 aromatic rings. The summed E-state index contributed by atoms with van der Waals surface area (Å²) in [4.78, 5) is 36.0. The van der Waals surface area contributed by atoms with Gasteiger partial charge in [0.25, 0.3) is 0 Å². The maximum Gasteiger partial charge on any atom is 0.414 e. The number of cyclic esters (lactones) is 1. The number of hydrogen-bond donors (Lipinski definition) is 2. The van der Waals surface area contributed by atoms with Gasteiger partial charge in [-0.3, -0.25) is 14.5 Å². The molecule has 2 N–H and O–H groups in total. The number of allylic oxidation sites excluding steroid dienone is 1. The SMILES string of the molecule is CC(=O)C=C1CCNCC1c1ccc(N2C[C@H](CNC(C)=O)OC2=O)cc1F. The van der Waals surface area contributed by atoms with E-state index in [2.05, 4.69) is 10.6 Å². The molecule has 0 radical (unpaired) electrons. The highest BCUT2D eigenvalue weighted by atomic mass is 19.1. The van der Waals surface area contributed by atoms with Crippen LogP contribution in [0.25, 0.3) is 0 Å². The predicted molar refractivity (Wildman–Crippen MR) is 102 cm³/mol. The van der Waals surface area contributed by atoms with Crippen molar-refractivity contribution in [2.45, 2.75) is 32.3 Å². The topological polar surface area (TPSA) is 87.7 Å². The van der Waals surface area contributed by atoms with Crippen molar-refractivity contribution in [2.75, 3.05) is 31.1 Å². The van der Waals surface area contributed by atoms with Crippen molar-refractivity contribution in [3.05, 3.63) is 41.2 Å². The Labute approximate surface area is 162 Å². The number of nitrogens with zero attached hydrogens (tertiary/aromatic N) is 1. The average Bonchev–Trinajstić information content (AvgIpc) is 3.01. The number of ketones is 1. The Morgan fingerprint density at radius 2 is 2.18 bits per heavy atom. The molecule has 2 saturated heterocycles. The molecule has 2 aliphatic heterocycles. The monoisotopic (exact) mass is 389 g/mol. The lowest BCUT2D eigenvalue weighted by atomic mass is 9.85. The fourth-order valence-corrected chi connectivity index (χ4v) is 3.59. The molecule has 2 heterocycles. The number of carbonyl (C=O) groups excluding carboxylic acids is 3. The van der Waals surface area contributed by atoms with Gasteiger partial charge in [0.15, 0.2) is 5.78 Å². The Morgan fingerprint density at radius 3 is 2.86 bits per heavy atom. The van der Waals surface area contributed by atoms with Gasteiger partial charge in [-0.15, -0.1) is 0 Å². The van der Waals surface area contributed by atoms with Crippen LogP contribution in [-0.2, 0) is 14.3 Å². The first-order valence-corrected chi connectivity index (χ1v) is 9.29. The molecule has 28 heavy (non-hydrogen) atoms. The van der Waals surface area contributed by atoms with Gasteiger partial charge in [0.2, 0.25) is 5.91 Å². The second kappa shape index (κ2) is 8.52. The van der Waals surface area contributed by atoms with Crippen molar-refractivity contribution in [1.82, 2.24) is 10.6 Å². The highest BCUT2D eigenvalue weighted by Gasteiger charge is 2.33. The standard InChI is InChI=1S/C20H24FN3O4/c1-12(25)7-14-5-6-22-10-18(14)17-4-3-15(8-19(17)21)24-11-16(28-20(24)27)9-23-13(2)26/h3-4,7-8,16,18,22H,5-6,9-11H2,1-2H3,(H,23,26)/t16-,18?/m0/s1. The molecule has 0 aliphatic carbocycles. The summed E-state index contributed by atoms with van der Waals surface area (Å²) in [5.41, 5.74) is 1.80. The van der Waals surface area contributed by atoms with E-state index in [1.54, 1.807) is 18.2 Å². The van der Waals surface area contributed by atoms with E-state index in [1.807, 2.05) is 0 Å². The Bertz CT molecular complexity index is 824. The van der Waals surface area contributed by atoms with Crippen LogP contribution in [0.3, 0.4) is 0 Å². The first-order valence-electron chi connectivity index (χ1n) is 9.29. The first-order chi connectivity index (χ1) is 13.3. The third-order valence-electron chi connectivity index (χ3n) is 4.90. The van der Waals surface area contributed by atoms with Crippen LogP contribution >= 0.6 is 0 Å². The largest absolute Gasteiger partial charge is 0.442 e. The van der Waals surface area contributed by atoms with Crippen LogP contribution < -0.4 is 15.5 Å². The first kappa shape index (κ1) is 20.0. The zero-order valence-corrected chi connectivity index (χ0v) is 16.0. The van der Waals surface area contributed by atoms with Crippen molar-refractivity contribution in [2.24, 2.45) is 0 Å². The smallest absolute Gasteiger partial charge is 0.414 e. The molecule has 2 atom stereocenters. The third-order valence-corrected chi connectivity index (χ3v) is 4.90. The number of halogens is 1. The summed E-state index contributed by atoms with van der Waals surface area (Å²) < 4.78 is 20.1. The van der Waals surface area contributed by atoms with Crippen molar-refractivity contribution < 1.29 is 23.5 Å². The van der Waals surface area contributed by atoms with E-state index in [1.165, 1.54) is 24.8 Å². The Kier molecular flexibility index (Phi) is 6.08. The lowest BCUT2D eigenvalue weighted by Gasteiger charge is -2.27. The van der Waals surface area contributed by atoms with E-state index in [4.69, 9.17) is 4.74 Å². The lowest BCUT2D eigenvalue weighted by Crippen LogP contribution is -2.33. The van der Waals surface area contributed by atoms with E-state index in [0.717, 1.165) is 12.1 Å². The number of carbonyl (C=O) groups is 3. The van der Waals surface area contributed by atoms with Crippen molar-refractivity contribution >= 4 is 23.5 Å². The molecule has 0 saturated carbocycles. The molecular formula is C20H24FN3O4. The van der Waals surface area contributed by atoms with Crippen LogP contribution in [0.2, 0.25) is 0 Å². The van der Waals surface area contributed by atoms with Crippen LogP contribution in [0, 0.1) is 5.82 Å². The number of ether oxygens (including phenoxy) is 1. The van der Waals surface area contributed by atoms with Gasteiger partial charge in [-0.05, 0) is 43.7 Å². The minimum Gasteiger partial charge on any atom is -0.442 e. The van der Waals surface area contributed by atoms with Gasteiger partial charge < -0.3 is 15.4 Å². The second-order valence-corrected chi connectivity index (χ2v) is 7.10. The number of piperidine rings is 1. The van der Waals surface area contributed by atoms with Gasteiger partial charge in [0, 0.05) is 19.4 Å². The maximum absolute atomic E-state index is 14.9. The number of anilines is 1. The van der Waals surface area contributed by atoms with E-state index in [9.17, 15) is 18.8 Å². The summed E-state index contributed by atoms with van der Waals surface area (Å²) in [7, 11) is 0. The third kappa shape index (κ3) is 4.56. The number of benzene rings is 1. The predicted octanol–water partition coefficient (Wildman–Crippen LogP) is 1.88. The van der Waals surface area contributed by atoms with E-state index in [0.29, 0.717) is 24.2 Å². The summed E-state index contributed by atoms with van der Waals surface area (Å²) in [5.74, 6) is -0.909. The van der Waals surface area contributed by atoms with Gasteiger partial charge in [-0.25, -0.2) is 9.18 Å². The molecule has 8 heteroatoms. The normalized spacial score (nSPS) is 23.6. The molecule has 2 fully saturated rings. The molecule has 150 valence electrons. The molecular weight excluding hydrogens is 365 g/mol. The molecule has 0 bridgehead atoms. The molecule has 0 aromatic heterocycles. The van der Waals surface area contributed by atoms with Crippen LogP contribution in [-0.4, -0.2) is 50.1 Å². The Morgan fingerprint density at radius 1 is 1.39 bits per heavy atom. The Hall–Kier alpha value is -2.74. The van der Waals surface area contributed by atoms with E-state index < -0.39 is 18.0 Å². The molecule has 0 spiro atoms. The van der Waals surface area contributed by atoms with Crippen LogP contribution in [0.15, 0.2) is 29.8 Å². The Balaban J connectivity index is 1.78. The minimum absolute atomic E-state index is 0.0519. The number of hydrogen-bond acceptors (Lipinski definition) is 5. The van der Waals surface area contributed by atoms with Gasteiger partial charge in [0.05, 0.1) is 18.8 Å². The second-order valence-electron chi connectivity index (χ2n) is 7.10. The zero-order chi connectivity index (χ0) is 20.3. The molecule has 2 aliphatic rings. The lowest BCUT2D eigenvalue weighted by molar-refractivity contribution is -0.119. The molecule has 7 nitrogen and oxygen atoms in total. The van der Waals surface area contributed by atoms with Gasteiger partial charge in [-0.1, -0.05) is 11.6 Å². The summed E-state index contributed by atoms with van der Waals surface area (Å²) >= 11 is 0. The van der Waals surface area contributed by atoms with Crippen LogP contribution in [0.1, 0.15) is 31.7 Å². The quantitative estimate of drug-likeness (QED) is 0.751. The maximum atomic E-state index is 14.9. The summed E-state index contributed by atoms with van der Waals surface area (Å²) in [6.45, 7) is 4.63. The van der Waals surface area contributed by atoms with Crippen LogP contribution in [0.4, 0.5) is 14.9 Å². The fourth-order valence-electron chi connectivity index (χ4n) is 3.59. The van der Waals surface area contributed by atoms with Gasteiger partial charge in [0.1, 0.15) is 11.9 Å². The molecule has 2 amide bonds. The summed E-state index contributed by atoms with van der Waals surface area (Å²) in [6.07, 6.45) is 1.23. The van der Waals surface area contributed by atoms with E-state index in [-0.39, 0.29) is 30.7 Å². The minimum atomic E-state index is -0.570. The fraction of sp³-hybridized carbons (Fsp3) is 0.450. The number of nitrogens with one attached hydrogen (secondary N) is 2. The summed E-state index contributed by atoms with van der Waals surface area (Å²) in [5, 5.41) is 5.84. The highest BCUT2D eigenvalue weighted by molar-refractivity contribution is 5.90.